The molecule has 3 aromatic heterocycles. The molecule has 0 fully saturated rings. The highest BCUT2D eigenvalue weighted by molar-refractivity contribution is 7.91. The minimum absolute atomic E-state index is 0.262. The molecule has 140 valence electrons. The molecule has 27 heavy (non-hydrogen) atoms. The molecule has 0 aliphatic heterocycles. The van der Waals surface area contributed by atoms with E-state index in [-0.39, 0.29) is 6.54 Å². The molecular weight excluding hydrogens is 426 g/mol. The van der Waals surface area contributed by atoms with Gasteiger partial charge in [0.2, 0.25) is 20.1 Å². The molecule has 0 spiro atoms. The summed E-state index contributed by atoms with van der Waals surface area (Å²) in [7, 11) is -3.44. The summed E-state index contributed by atoms with van der Waals surface area (Å²) in [5.74, 6) is 0. The summed E-state index contributed by atoms with van der Waals surface area (Å²) in [5.41, 5.74) is 1.79. The van der Waals surface area contributed by atoms with Crippen LogP contribution in [0.25, 0.3) is 16.2 Å². The fraction of sp³-hybridized carbons (Fsp3) is 0.125. The van der Waals surface area contributed by atoms with E-state index >= 15 is 0 Å². The summed E-state index contributed by atoms with van der Waals surface area (Å²) >= 11 is 8.50. The first-order valence-electron chi connectivity index (χ1n) is 7.90. The summed E-state index contributed by atoms with van der Waals surface area (Å²) in [6, 6.07) is 10.8. The van der Waals surface area contributed by atoms with Gasteiger partial charge in [0.15, 0.2) is 0 Å². The molecule has 0 atom stereocenters. The van der Waals surface area contributed by atoms with Crippen LogP contribution < -0.4 is 10.0 Å². The van der Waals surface area contributed by atoms with Crippen LogP contribution in [0.5, 0.6) is 0 Å². The molecule has 4 rings (SSSR count). The Kier molecular flexibility index (Phi) is 5.15. The second-order valence-electron chi connectivity index (χ2n) is 5.52. The number of hydrogen-bond acceptors (Lipinski definition) is 7. The number of benzene rings is 1. The van der Waals surface area contributed by atoms with Gasteiger partial charge in [-0.05, 0) is 23.6 Å². The van der Waals surface area contributed by atoms with Crippen LogP contribution in [-0.4, -0.2) is 36.1 Å². The van der Waals surface area contributed by atoms with E-state index in [2.05, 4.69) is 20.1 Å². The Labute approximate surface area is 168 Å². The lowest BCUT2D eigenvalue weighted by Gasteiger charge is -2.05. The second-order valence-corrected chi connectivity index (χ2v) is 9.86. The minimum Gasteiger partial charge on any atom is -0.359 e. The van der Waals surface area contributed by atoms with E-state index in [9.17, 15) is 8.42 Å². The van der Waals surface area contributed by atoms with Crippen LogP contribution in [0, 0.1) is 0 Å². The Hall–Kier alpha value is -1.98. The van der Waals surface area contributed by atoms with Gasteiger partial charge in [-0.1, -0.05) is 41.1 Å². The Morgan fingerprint density at radius 1 is 1.15 bits per heavy atom. The van der Waals surface area contributed by atoms with Gasteiger partial charge in [-0.3, -0.25) is 0 Å². The highest BCUT2D eigenvalue weighted by atomic mass is 35.5. The Balaban J connectivity index is 1.36. The van der Waals surface area contributed by atoms with E-state index in [1.165, 1.54) is 22.7 Å². The molecule has 0 saturated heterocycles. The Morgan fingerprint density at radius 2 is 1.96 bits per heavy atom. The van der Waals surface area contributed by atoms with Gasteiger partial charge in [0.05, 0.1) is 11.9 Å². The van der Waals surface area contributed by atoms with Gasteiger partial charge in [-0.25, -0.2) is 22.6 Å². The molecule has 0 radical (unpaired) electrons. The molecule has 0 aliphatic rings. The fourth-order valence-corrected chi connectivity index (χ4v) is 5.38. The zero-order valence-electron chi connectivity index (χ0n) is 13.8. The molecule has 0 saturated carbocycles. The molecular formula is C16H14ClN5O2S3. The van der Waals surface area contributed by atoms with Gasteiger partial charge in [0.25, 0.3) is 0 Å². The van der Waals surface area contributed by atoms with E-state index in [0.717, 1.165) is 16.2 Å². The lowest BCUT2D eigenvalue weighted by molar-refractivity contribution is 0.585. The van der Waals surface area contributed by atoms with Crippen molar-refractivity contribution in [3.8, 4) is 11.3 Å². The molecule has 3 heterocycles. The number of rotatable bonds is 7. The largest absolute Gasteiger partial charge is 0.359 e. The van der Waals surface area contributed by atoms with Gasteiger partial charge in [-0.2, -0.15) is 0 Å². The molecule has 0 unspecified atom stereocenters. The van der Waals surface area contributed by atoms with E-state index < -0.39 is 10.0 Å². The number of thiophene rings is 1. The van der Waals surface area contributed by atoms with Crippen molar-refractivity contribution in [3.05, 3.63) is 53.0 Å². The van der Waals surface area contributed by atoms with Gasteiger partial charge in [-0.15, -0.1) is 16.4 Å². The summed E-state index contributed by atoms with van der Waals surface area (Å²) in [4.78, 5) is 5.31. The van der Waals surface area contributed by atoms with E-state index in [1.54, 1.807) is 22.0 Å². The third kappa shape index (κ3) is 4.14. The minimum atomic E-state index is -3.44. The summed E-state index contributed by atoms with van der Waals surface area (Å²) in [6.07, 6.45) is 1.85. The van der Waals surface area contributed by atoms with Crippen molar-refractivity contribution in [1.82, 2.24) is 19.3 Å². The number of aromatic nitrogens is 3. The number of fused-ring (bicyclic) bond motifs is 1. The zero-order chi connectivity index (χ0) is 18.9. The molecule has 7 nitrogen and oxygen atoms in total. The molecule has 1 aromatic carbocycles. The van der Waals surface area contributed by atoms with Crippen molar-refractivity contribution in [2.24, 2.45) is 0 Å². The van der Waals surface area contributed by atoms with E-state index in [0.29, 0.717) is 20.9 Å². The average molecular weight is 440 g/mol. The Bertz CT molecular complexity index is 1120. The first-order chi connectivity index (χ1) is 13.0. The number of sulfonamides is 1. The lowest BCUT2D eigenvalue weighted by atomic mass is 10.2. The summed E-state index contributed by atoms with van der Waals surface area (Å²) in [5, 5.41) is 10.6. The van der Waals surface area contributed by atoms with Crippen LogP contribution >= 0.6 is 34.3 Å². The predicted octanol–water partition coefficient (Wildman–Crippen LogP) is 3.56. The molecule has 0 amide bonds. The van der Waals surface area contributed by atoms with Gasteiger partial charge >= 0.3 is 0 Å². The monoisotopic (exact) mass is 439 g/mol. The summed E-state index contributed by atoms with van der Waals surface area (Å²) in [6.45, 7) is 0.684. The van der Waals surface area contributed by atoms with Crippen LogP contribution in [0.3, 0.4) is 0 Å². The van der Waals surface area contributed by atoms with Crippen molar-refractivity contribution in [2.75, 3.05) is 18.4 Å². The normalized spacial score (nSPS) is 11.9. The predicted molar refractivity (Wildman–Crippen MR) is 109 cm³/mol. The highest BCUT2D eigenvalue weighted by Crippen LogP contribution is 2.25. The average Bonchev–Trinajstić information content (AvgIpc) is 3.35. The lowest BCUT2D eigenvalue weighted by Crippen LogP contribution is -2.28. The van der Waals surface area contributed by atoms with E-state index in [1.807, 2.05) is 30.5 Å². The quantitative estimate of drug-likeness (QED) is 0.430. The maximum Gasteiger partial charge on any atom is 0.250 e. The molecule has 0 bridgehead atoms. The molecule has 11 heteroatoms. The number of hydrogen-bond donors (Lipinski definition) is 2. The van der Waals surface area contributed by atoms with Crippen LogP contribution in [0.1, 0.15) is 0 Å². The third-order valence-electron chi connectivity index (χ3n) is 3.64. The van der Waals surface area contributed by atoms with Crippen LogP contribution in [0.2, 0.25) is 5.02 Å². The molecule has 0 aliphatic carbocycles. The first kappa shape index (κ1) is 18.4. The highest BCUT2D eigenvalue weighted by Gasteiger charge is 2.14. The van der Waals surface area contributed by atoms with Gasteiger partial charge < -0.3 is 5.32 Å². The topological polar surface area (TPSA) is 88.4 Å². The first-order valence-corrected chi connectivity index (χ1v) is 11.5. The van der Waals surface area contributed by atoms with Gasteiger partial charge in [0.1, 0.15) is 4.21 Å². The van der Waals surface area contributed by atoms with Crippen molar-refractivity contribution in [1.29, 1.82) is 0 Å². The maximum atomic E-state index is 12.0. The number of nitrogens with zero attached hydrogens (tertiary/aromatic N) is 3. The maximum absolute atomic E-state index is 12.0. The SMILES string of the molecule is O=S(=O)(NCCNc1nn2cc(-c3ccc(Cl)cc3)nc2s1)c1cccs1. The number of nitrogens with one attached hydrogen (secondary N) is 2. The Morgan fingerprint density at radius 3 is 2.67 bits per heavy atom. The second kappa shape index (κ2) is 7.56. The number of halogens is 1. The smallest absolute Gasteiger partial charge is 0.250 e. The van der Waals surface area contributed by atoms with Crippen molar-refractivity contribution >= 4 is 54.4 Å². The van der Waals surface area contributed by atoms with Crippen molar-refractivity contribution in [3.63, 3.8) is 0 Å². The number of anilines is 1. The van der Waals surface area contributed by atoms with Crippen molar-refractivity contribution in [2.45, 2.75) is 4.21 Å². The van der Waals surface area contributed by atoms with Crippen molar-refractivity contribution < 1.29 is 8.42 Å². The standard InChI is InChI=1S/C16H14ClN5O2S3/c17-12-5-3-11(4-6-12)13-10-22-16(20-13)26-15(21-22)18-7-8-19-27(23,24)14-2-1-9-25-14/h1-6,9-10,19H,7-8H2,(H,18,21). The molecule has 4 aromatic rings. The zero-order valence-corrected chi connectivity index (χ0v) is 17.0. The fourth-order valence-electron chi connectivity index (χ4n) is 2.37. The third-order valence-corrected chi connectivity index (χ3v) is 7.63. The molecule has 2 N–H and O–H groups in total. The van der Waals surface area contributed by atoms with Gasteiger partial charge in [0, 0.05) is 23.7 Å². The van der Waals surface area contributed by atoms with Crippen LogP contribution in [0.4, 0.5) is 5.13 Å². The van der Waals surface area contributed by atoms with Crippen LogP contribution in [-0.2, 0) is 10.0 Å². The van der Waals surface area contributed by atoms with E-state index in [4.69, 9.17) is 11.6 Å². The van der Waals surface area contributed by atoms with Crippen LogP contribution in [0.15, 0.2) is 52.2 Å². The number of imidazole rings is 1. The summed E-state index contributed by atoms with van der Waals surface area (Å²) < 4.78 is 28.6.